The van der Waals surface area contributed by atoms with Gasteiger partial charge < -0.3 is 18.8 Å². The molecular formula is C8H6BrClNO6P. The molecule has 1 heterocycles. The van der Waals surface area contributed by atoms with Gasteiger partial charge >= 0.3 is 18.6 Å². The average molecular weight is 358 g/mol. The Balaban J connectivity index is 2.24. The van der Waals surface area contributed by atoms with Gasteiger partial charge in [0.15, 0.2) is 0 Å². The van der Waals surface area contributed by atoms with Crippen LogP contribution in [0.25, 0.3) is 10.9 Å². The Morgan fingerprint density at radius 2 is 2.06 bits per heavy atom. The van der Waals surface area contributed by atoms with Crippen LogP contribution in [-0.2, 0) is 12.3 Å². The van der Waals surface area contributed by atoms with Crippen molar-refractivity contribution < 1.29 is 36.9 Å². The fraction of sp³-hybridized carbons (Fsp3) is 0. The second kappa shape index (κ2) is 5.58. The van der Waals surface area contributed by atoms with Crippen LogP contribution in [0.4, 0.5) is 0 Å². The van der Waals surface area contributed by atoms with E-state index >= 15 is 0 Å². The summed E-state index contributed by atoms with van der Waals surface area (Å²) in [5.74, 6) is 0.0537. The fourth-order valence-corrected chi connectivity index (χ4v) is 3.02. The maximum atomic E-state index is 11.7. The lowest BCUT2D eigenvalue weighted by atomic mass is 10.3. The minimum atomic E-state index is -4.28. The molecule has 0 aliphatic rings. The Morgan fingerprint density at radius 3 is 2.67 bits per heavy atom. The van der Waals surface area contributed by atoms with E-state index < -0.39 is 18.6 Å². The highest BCUT2D eigenvalue weighted by molar-refractivity contribution is 9.06. The quantitative estimate of drug-likeness (QED) is 0.802. The molecule has 0 aliphatic heterocycles. The SMILES string of the molecule is O=P(OBr)(Oc1cc2ccccc2[nH]1)O[Cl+2]([O-])[O-]. The number of rotatable bonds is 5. The van der Waals surface area contributed by atoms with Crippen LogP contribution in [-0.4, -0.2) is 4.98 Å². The van der Waals surface area contributed by atoms with E-state index in [0.717, 1.165) is 10.9 Å². The minimum Gasteiger partial charge on any atom is -0.381 e. The van der Waals surface area contributed by atoms with Gasteiger partial charge in [0.2, 0.25) is 5.88 Å². The summed E-state index contributed by atoms with van der Waals surface area (Å²) in [6, 6.07) is 8.70. The van der Waals surface area contributed by atoms with Gasteiger partial charge in [-0.2, -0.15) is 3.62 Å². The number of fused-ring (bicyclic) bond motifs is 1. The van der Waals surface area contributed by atoms with Crippen LogP contribution in [0.3, 0.4) is 0 Å². The van der Waals surface area contributed by atoms with Gasteiger partial charge in [-0.1, -0.05) is 18.2 Å². The van der Waals surface area contributed by atoms with E-state index in [1.807, 2.05) is 6.07 Å². The van der Waals surface area contributed by atoms with Crippen molar-refractivity contribution in [3.8, 4) is 5.88 Å². The number of hydrogen-bond donors (Lipinski definition) is 1. The number of aromatic nitrogens is 1. The number of H-pyrrole nitrogens is 1. The molecule has 2 aromatic rings. The Bertz CT molecular complexity index is 557. The third kappa shape index (κ3) is 3.24. The van der Waals surface area contributed by atoms with Gasteiger partial charge in [-0.15, -0.1) is 0 Å². The van der Waals surface area contributed by atoms with Crippen molar-refractivity contribution in [3.05, 3.63) is 30.3 Å². The number of phosphoric acid groups is 1. The number of nitrogens with one attached hydrogen (secondary N) is 1. The highest BCUT2D eigenvalue weighted by atomic mass is 79.9. The molecule has 0 saturated heterocycles. The van der Waals surface area contributed by atoms with Crippen LogP contribution in [0.2, 0.25) is 0 Å². The van der Waals surface area contributed by atoms with Crippen LogP contribution in [0.15, 0.2) is 30.3 Å². The van der Waals surface area contributed by atoms with Crippen molar-refractivity contribution in [1.29, 1.82) is 0 Å². The van der Waals surface area contributed by atoms with Crippen molar-refractivity contribution in [2.45, 2.75) is 0 Å². The van der Waals surface area contributed by atoms with Gasteiger partial charge in [-0.3, -0.25) is 0 Å². The maximum absolute atomic E-state index is 11.7. The molecule has 7 nitrogen and oxygen atoms in total. The first kappa shape index (κ1) is 13.8. The summed E-state index contributed by atoms with van der Waals surface area (Å²) in [5.41, 5.74) is 0.730. The molecule has 0 fully saturated rings. The van der Waals surface area contributed by atoms with E-state index in [1.165, 1.54) is 6.07 Å². The normalized spacial score (nSPS) is 14.9. The zero-order valence-corrected chi connectivity index (χ0v) is 11.8. The van der Waals surface area contributed by atoms with Crippen LogP contribution in [0.5, 0.6) is 5.88 Å². The lowest BCUT2D eigenvalue weighted by Crippen LogP contribution is -2.33. The van der Waals surface area contributed by atoms with Crippen LogP contribution < -0.4 is 13.8 Å². The molecule has 1 atom stereocenters. The molecule has 1 N–H and O–H groups in total. The Morgan fingerprint density at radius 1 is 1.33 bits per heavy atom. The maximum Gasteiger partial charge on any atom is 0.645 e. The average Bonchev–Trinajstić information content (AvgIpc) is 2.69. The van der Waals surface area contributed by atoms with Gasteiger partial charge in [0.25, 0.3) is 0 Å². The van der Waals surface area contributed by atoms with Gasteiger partial charge in [-0.25, -0.2) is 4.57 Å². The summed E-state index contributed by atoms with van der Waals surface area (Å²) in [4.78, 5) is 2.78. The monoisotopic (exact) mass is 357 g/mol. The smallest absolute Gasteiger partial charge is 0.381 e. The zero-order chi connectivity index (χ0) is 13.2. The molecule has 1 aromatic carbocycles. The van der Waals surface area contributed by atoms with Crippen LogP contribution in [0, 0.1) is 10.8 Å². The Hall–Kier alpha value is -0.600. The summed E-state index contributed by atoms with van der Waals surface area (Å²) in [7, 11) is -6.97. The summed E-state index contributed by atoms with van der Waals surface area (Å²) in [5, 5.41) is 0.800. The molecule has 18 heavy (non-hydrogen) atoms. The third-order valence-corrected chi connectivity index (χ3v) is 4.72. The molecule has 0 spiro atoms. The van der Waals surface area contributed by atoms with E-state index in [4.69, 9.17) is 4.52 Å². The lowest BCUT2D eigenvalue weighted by molar-refractivity contribution is -1.62. The number of hydrogen-bond acceptors (Lipinski definition) is 6. The fourth-order valence-electron chi connectivity index (χ4n) is 1.32. The van der Waals surface area contributed by atoms with Gasteiger partial charge in [0.05, 0.1) is 0 Å². The lowest BCUT2D eigenvalue weighted by Gasteiger charge is -2.06. The molecule has 0 aliphatic carbocycles. The summed E-state index contributed by atoms with van der Waals surface area (Å²) in [6.45, 7) is 0. The molecule has 0 amide bonds. The highest BCUT2D eigenvalue weighted by Gasteiger charge is 2.42. The second-order valence-corrected chi connectivity index (χ2v) is 6.10. The number of para-hydroxylation sites is 1. The molecule has 10 heteroatoms. The third-order valence-electron chi connectivity index (χ3n) is 1.94. The zero-order valence-electron chi connectivity index (χ0n) is 8.54. The molecule has 1 aromatic heterocycles. The second-order valence-electron chi connectivity index (χ2n) is 3.09. The molecule has 98 valence electrons. The number of aromatic amines is 1. The Labute approximate surface area is 113 Å². The molecule has 0 saturated carbocycles. The van der Waals surface area contributed by atoms with E-state index in [-0.39, 0.29) is 5.88 Å². The van der Waals surface area contributed by atoms with Gasteiger partial charge in [0, 0.05) is 17.0 Å². The standard InChI is InChI=1S/C8H6BrClNO6P/c9-16-18(14,17-10(12)13)15-8-5-6-3-1-2-4-7(6)11-8/h1-5,11H. The molecule has 0 bridgehead atoms. The summed E-state index contributed by atoms with van der Waals surface area (Å²) in [6.07, 6.45) is 0. The predicted molar refractivity (Wildman–Crippen MR) is 57.6 cm³/mol. The topological polar surface area (TPSA) is 107 Å². The van der Waals surface area contributed by atoms with E-state index in [9.17, 15) is 13.9 Å². The van der Waals surface area contributed by atoms with E-state index in [0.29, 0.717) is 0 Å². The van der Waals surface area contributed by atoms with Crippen molar-refractivity contribution in [1.82, 2.24) is 4.98 Å². The first-order valence-corrected chi connectivity index (χ1v) is 7.49. The number of halogens is 2. The van der Waals surface area contributed by atoms with Crippen LogP contribution in [0.1, 0.15) is 0 Å². The largest absolute Gasteiger partial charge is 0.645 e. The first-order valence-electron chi connectivity index (χ1n) is 4.46. The van der Waals surface area contributed by atoms with Crippen LogP contribution >= 0.6 is 24.1 Å². The molecule has 2 rings (SSSR count). The first-order chi connectivity index (χ1) is 8.52. The summed E-state index contributed by atoms with van der Waals surface area (Å²) >= 11 is 2.40. The van der Waals surface area contributed by atoms with Crippen molar-refractivity contribution in [2.24, 2.45) is 0 Å². The Kier molecular flexibility index (Phi) is 4.29. The van der Waals surface area contributed by atoms with Crippen molar-refractivity contribution >= 4 is 35.0 Å². The van der Waals surface area contributed by atoms with Gasteiger partial charge in [0.1, 0.15) is 20.3 Å². The molecule has 0 radical (unpaired) electrons. The predicted octanol–water partition coefficient (Wildman–Crippen LogP) is 1.08. The van der Waals surface area contributed by atoms with Crippen molar-refractivity contribution in [2.75, 3.05) is 0 Å². The minimum absolute atomic E-state index is 0.0537. The molecular weight excluding hydrogens is 352 g/mol. The van der Waals surface area contributed by atoms with Gasteiger partial charge in [-0.05, 0) is 6.07 Å². The highest BCUT2D eigenvalue weighted by Crippen LogP contribution is 2.51. The number of benzene rings is 1. The van der Waals surface area contributed by atoms with E-state index in [2.05, 4.69) is 28.9 Å². The van der Waals surface area contributed by atoms with Crippen molar-refractivity contribution in [3.63, 3.8) is 0 Å². The van der Waals surface area contributed by atoms with E-state index in [1.54, 1.807) is 18.2 Å². The molecule has 1 unspecified atom stereocenters. The summed E-state index contributed by atoms with van der Waals surface area (Å²) < 4.78 is 45.4.